The van der Waals surface area contributed by atoms with Gasteiger partial charge in [0.25, 0.3) is 5.91 Å². The lowest BCUT2D eigenvalue weighted by molar-refractivity contribution is -0.146. The number of carbonyl (C=O) groups is 1. The molecule has 0 spiro atoms. The molecule has 2 fully saturated rings. The summed E-state index contributed by atoms with van der Waals surface area (Å²) in [7, 11) is 1.62. The standard InChI is InChI=1S/C26H26FN3O3/c1-17-14-29(16-28-17)23-11-6-18(12-24(23)32-2)13-25-26(31)30-21(15-33-25)4-3-5-22(30)19-7-9-20(27)10-8-19/h6-14,16,21-22H,3-5,15H2,1-2H3/t21-,22+/m1/s1. The number of rotatable bonds is 4. The Morgan fingerprint density at radius 1 is 1.18 bits per heavy atom. The molecule has 0 N–H and O–H groups in total. The smallest absolute Gasteiger partial charge is 0.289 e. The summed E-state index contributed by atoms with van der Waals surface area (Å²) in [5, 5.41) is 0. The van der Waals surface area contributed by atoms with E-state index in [1.165, 1.54) is 12.1 Å². The molecule has 2 aromatic carbocycles. The highest BCUT2D eigenvalue weighted by molar-refractivity contribution is 5.97. The van der Waals surface area contributed by atoms with Crippen LogP contribution in [0, 0.1) is 12.7 Å². The molecule has 2 atom stereocenters. The second-order valence-electron chi connectivity index (χ2n) is 8.54. The van der Waals surface area contributed by atoms with Crippen LogP contribution >= 0.6 is 0 Å². The van der Waals surface area contributed by atoms with Crippen molar-refractivity contribution in [2.45, 2.75) is 38.3 Å². The first-order valence-corrected chi connectivity index (χ1v) is 11.1. The van der Waals surface area contributed by atoms with Crippen molar-refractivity contribution in [3.8, 4) is 11.4 Å². The maximum absolute atomic E-state index is 13.5. The minimum atomic E-state index is -0.275. The van der Waals surface area contributed by atoms with E-state index in [1.807, 2.05) is 40.8 Å². The van der Waals surface area contributed by atoms with Gasteiger partial charge in [0.2, 0.25) is 0 Å². The number of fused-ring (bicyclic) bond motifs is 1. The van der Waals surface area contributed by atoms with E-state index in [9.17, 15) is 9.18 Å². The summed E-state index contributed by atoms with van der Waals surface area (Å²) in [6, 6.07) is 12.2. The number of methoxy groups -OCH3 is 1. The van der Waals surface area contributed by atoms with Crippen molar-refractivity contribution in [3.05, 3.63) is 83.4 Å². The van der Waals surface area contributed by atoms with Gasteiger partial charge >= 0.3 is 0 Å². The minimum Gasteiger partial charge on any atom is -0.495 e. The molecule has 0 radical (unpaired) electrons. The number of aromatic nitrogens is 2. The van der Waals surface area contributed by atoms with Crippen LogP contribution in [0.2, 0.25) is 0 Å². The highest BCUT2D eigenvalue weighted by Crippen LogP contribution is 2.38. The molecule has 33 heavy (non-hydrogen) atoms. The normalized spacial score (nSPS) is 21.6. The molecule has 170 valence electrons. The molecule has 0 unspecified atom stereocenters. The Bertz CT molecular complexity index is 1200. The Labute approximate surface area is 192 Å². The fraction of sp³-hybridized carbons (Fsp3) is 0.308. The van der Waals surface area contributed by atoms with Crippen molar-refractivity contribution in [1.29, 1.82) is 0 Å². The summed E-state index contributed by atoms with van der Waals surface area (Å²) in [5.74, 6) is 0.579. The molecule has 6 nitrogen and oxygen atoms in total. The van der Waals surface area contributed by atoms with E-state index in [-0.39, 0.29) is 23.8 Å². The zero-order chi connectivity index (χ0) is 22.9. The van der Waals surface area contributed by atoms with Gasteiger partial charge in [0, 0.05) is 6.20 Å². The van der Waals surface area contributed by atoms with Crippen LogP contribution in [0.1, 0.15) is 42.1 Å². The predicted octanol–water partition coefficient (Wildman–Crippen LogP) is 4.82. The fourth-order valence-electron chi connectivity index (χ4n) is 4.74. The molecule has 2 aliphatic heterocycles. The molecule has 0 bridgehead atoms. The quantitative estimate of drug-likeness (QED) is 0.538. The van der Waals surface area contributed by atoms with Gasteiger partial charge < -0.3 is 18.9 Å². The van der Waals surface area contributed by atoms with Gasteiger partial charge in [0.1, 0.15) is 18.2 Å². The van der Waals surface area contributed by atoms with Crippen molar-refractivity contribution < 1.29 is 18.7 Å². The maximum Gasteiger partial charge on any atom is 0.289 e. The zero-order valence-corrected chi connectivity index (χ0v) is 18.7. The van der Waals surface area contributed by atoms with Crippen LogP contribution in [-0.2, 0) is 9.53 Å². The number of piperidine rings is 1. The molecule has 3 heterocycles. The van der Waals surface area contributed by atoms with Gasteiger partial charge in [-0.15, -0.1) is 0 Å². The Morgan fingerprint density at radius 2 is 2.00 bits per heavy atom. The average Bonchev–Trinajstić information content (AvgIpc) is 3.27. The summed E-state index contributed by atoms with van der Waals surface area (Å²) in [6.45, 7) is 2.39. The molecule has 2 saturated heterocycles. The lowest BCUT2D eigenvalue weighted by atomic mass is 9.90. The number of halogens is 1. The van der Waals surface area contributed by atoms with E-state index in [0.29, 0.717) is 18.1 Å². The third kappa shape index (κ3) is 4.11. The molecule has 5 rings (SSSR count). The first-order valence-electron chi connectivity index (χ1n) is 11.1. The molecule has 2 aliphatic rings. The van der Waals surface area contributed by atoms with E-state index in [0.717, 1.165) is 41.8 Å². The molecule has 0 saturated carbocycles. The zero-order valence-electron chi connectivity index (χ0n) is 18.7. The van der Waals surface area contributed by atoms with Crippen molar-refractivity contribution in [3.63, 3.8) is 0 Å². The van der Waals surface area contributed by atoms with Crippen LogP contribution in [0.4, 0.5) is 4.39 Å². The second-order valence-corrected chi connectivity index (χ2v) is 8.54. The summed E-state index contributed by atoms with van der Waals surface area (Å²) < 4.78 is 26.8. The van der Waals surface area contributed by atoms with Gasteiger partial charge in [-0.1, -0.05) is 18.2 Å². The SMILES string of the molecule is COc1cc(C=C2OC[C@H]3CCC[C@@H](c4ccc(F)cc4)N3C2=O)ccc1-n1cnc(C)c1. The molecule has 1 amide bonds. The Balaban J connectivity index is 1.44. The van der Waals surface area contributed by atoms with Crippen LogP contribution in [0.3, 0.4) is 0 Å². The number of morpholine rings is 1. The lowest BCUT2D eigenvalue weighted by Crippen LogP contribution is -2.52. The van der Waals surface area contributed by atoms with Crippen molar-refractivity contribution in [2.75, 3.05) is 13.7 Å². The Hall–Kier alpha value is -3.61. The topological polar surface area (TPSA) is 56.6 Å². The first-order chi connectivity index (χ1) is 16.0. The second kappa shape index (κ2) is 8.73. The highest BCUT2D eigenvalue weighted by atomic mass is 19.1. The van der Waals surface area contributed by atoms with E-state index in [1.54, 1.807) is 31.6 Å². The summed E-state index contributed by atoms with van der Waals surface area (Å²) in [6.07, 6.45) is 8.20. The van der Waals surface area contributed by atoms with Gasteiger partial charge in [-0.05, 0) is 67.7 Å². The Kier molecular flexibility index (Phi) is 5.62. The van der Waals surface area contributed by atoms with E-state index in [4.69, 9.17) is 9.47 Å². The minimum absolute atomic E-state index is 0.0276. The number of hydrogen-bond acceptors (Lipinski definition) is 4. The van der Waals surface area contributed by atoms with Crippen LogP contribution in [0.15, 0.2) is 60.7 Å². The van der Waals surface area contributed by atoms with Crippen molar-refractivity contribution in [2.24, 2.45) is 0 Å². The fourth-order valence-corrected chi connectivity index (χ4v) is 4.74. The number of nitrogens with zero attached hydrogens (tertiary/aromatic N) is 3. The van der Waals surface area contributed by atoms with E-state index in [2.05, 4.69) is 4.98 Å². The molecule has 3 aromatic rings. The molecular formula is C26H26FN3O3. The molecule has 1 aromatic heterocycles. The van der Waals surface area contributed by atoms with Gasteiger partial charge in [-0.3, -0.25) is 4.79 Å². The molecule has 0 aliphatic carbocycles. The molecule has 7 heteroatoms. The van der Waals surface area contributed by atoms with Crippen molar-refractivity contribution >= 4 is 12.0 Å². The van der Waals surface area contributed by atoms with E-state index >= 15 is 0 Å². The number of hydrogen-bond donors (Lipinski definition) is 0. The number of carbonyl (C=O) groups excluding carboxylic acids is 1. The van der Waals surface area contributed by atoms with Crippen molar-refractivity contribution in [1.82, 2.24) is 14.5 Å². The van der Waals surface area contributed by atoms with Gasteiger partial charge in [0.05, 0.1) is 36.9 Å². The maximum atomic E-state index is 13.5. The van der Waals surface area contributed by atoms with Crippen LogP contribution < -0.4 is 4.74 Å². The van der Waals surface area contributed by atoms with Crippen LogP contribution in [0.5, 0.6) is 5.75 Å². The van der Waals surface area contributed by atoms with Crippen LogP contribution in [-0.4, -0.2) is 40.1 Å². The summed E-state index contributed by atoms with van der Waals surface area (Å²) >= 11 is 0. The number of benzene rings is 2. The summed E-state index contributed by atoms with van der Waals surface area (Å²) in [5.41, 5.74) is 3.54. The highest BCUT2D eigenvalue weighted by Gasteiger charge is 2.40. The van der Waals surface area contributed by atoms with E-state index < -0.39 is 0 Å². The third-order valence-electron chi connectivity index (χ3n) is 6.37. The predicted molar refractivity (Wildman–Crippen MR) is 122 cm³/mol. The van der Waals surface area contributed by atoms with Gasteiger partial charge in [-0.2, -0.15) is 0 Å². The monoisotopic (exact) mass is 447 g/mol. The first kappa shape index (κ1) is 21.2. The average molecular weight is 448 g/mol. The van der Waals surface area contributed by atoms with Gasteiger partial charge in [0.15, 0.2) is 5.76 Å². The lowest BCUT2D eigenvalue weighted by Gasteiger charge is -2.45. The largest absolute Gasteiger partial charge is 0.495 e. The van der Waals surface area contributed by atoms with Crippen LogP contribution in [0.25, 0.3) is 11.8 Å². The Morgan fingerprint density at radius 3 is 2.73 bits per heavy atom. The summed E-state index contributed by atoms with van der Waals surface area (Å²) in [4.78, 5) is 19.7. The number of imidazole rings is 1. The number of aryl methyl sites for hydroxylation is 1. The number of amides is 1. The molecular weight excluding hydrogens is 421 g/mol. The van der Waals surface area contributed by atoms with Gasteiger partial charge in [-0.25, -0.2) is 9.37 Å². The number of ether oxygens (including phenoxy) is 2. The third-order valence-corrected chi connectivity index (χ3v) is 6.37.